The Balaban J connectivity index is 2.05. The molecule has 0 radical (unpaired) electrons. The van der Waals surface area contributed by atoms with Gasteiger partial charge >= 0.3 is 0 Å². The van der Waals surface area contributed by atoms with Crippen LogP contribution in [0.1, 0.15) is 30.1 Å². The van der Waals surface area contributed by atoms with Crippen molar-refractivity contribution < 1.29 is 4.79 Å². The summed E-state index contributed by atoms with van der Waals surface area (Å²) in [5, 5.41) is 1.19. The minimum Gasteiger partial charge on any atom is -0.303 e. The lowest BCUT2D eigenvalue weighted by atomic mass is 10.0. The molecule has 1 saturated heterocycles. The Kier molecular flexibility index (Phi) is 3.69. The zero-order valence-electron chi connectivity index (χ0n) is 11.9. The number of carbonyl (C=O) groups is 1. The number of aromatic nitrogens is 1. The maximum Gasteiger partial charge on any atom is 0.227 e. The van der Waals surface area contributed by atoms with E-state index in [-0.39, 0.29) is 5.91 Å². The van der Waals surface area contributed by atoms with Crippen LogP contribution in [0.3, 0.4) is 0 Å². The highest BCUT2D eigenvalue weighted by molar-refractivity contribution is 9.10. The first-order valence-electron chi connectivity index (χ1n) is 7.07. The number of hydrogen-bond acceptors (Lipinski definition) is 2. The van der Waals surface area contributed by atoms with Gasteiger partial charge in [-0.05, 0) is 56.6 Å². The van der Waals surface area contributed by atoms with Crippen molar-refractivity contribution in [1.29, 1.82) is 0 Å². The molecule has 1 aliphatic rings. The molecule has 20 heavy (non-hydrogen) atoms. The lowest BCUT2D eigenvalue weighted by Gasteiger charge is -2.18. The lowest BCUT2D eigenvalue weighted by Crippen LogP contribution is -2.26. The van der Waals surface area contributed by atoms with Gasteiger partial charge in [0.15, 0.2) is 0 Å². The summed E-state index contributed by atoms with van der Waals surface area (Å²) < 4.78 is 2.83. The molecule has 0 saturated carbocycles. The number of likely N-dealkylation sites (tertiary alicyclic amines) is 1. The number of nitrogens with zero attached hydrogens (tertiary/aromatic N) is 2. The summed E-state index contributed by atoms with van der Waals surface area (Å²) in [5.74, 6) is 0.0725. The number of benzene rings is 1. The van der Waals surface area contributed by atoms with Gasteiger partial charge < -0.3 is 4.90 Å². The molecule has 0 aliphatic carbocycles. The first-order valence-corrected chi connectivity index (χ1v) is 7.86. The van der Waals surface area contributed by atoms with E-state index in [2.05, 4.69) is 33.9 Å². The van der Waals surface area contributed by atoms with Gasteiger partial charge in [0, 0.05) is 29.0 Å². The van der Waals surface area contributed by atoms with Gasteiger partial charge in [-0.2, -0.15) is 0 Å². The number of hydrogen-bond donors (Lipinski definition) is 0. The smallest absolute Gasteiger partial charge is 0.227 e. The van der Waals surface area contributed by atoms with Crippen molar-refractivity contribution in [3.8, 4) is 0 Å². The maximum absolute atomic E-state index is 11.8. The van der Waals surface area contributed by atoms with E-state index in [1.807, 2.05) is 18.3 Å². The predicted octanol–water partition coefficient (Wildman–Crippen LogP) is 3.70. The van der Waals surface area contributed by atoms with Gasteiger partial charge in [0.1, 0.15) is 0 Å². The Morgan fingerprint density at radius 3 is 2.90 bits per heavy atom. The third kappa shape index (κ3) is 2.42. The van der Waals surface area contributed by atoms with E-state index in [1.165, 1.54) is 30.3 Å². The third-order valence-corrected chi connectivity index (χ3v) is 4.81. The highest BCUT2D eigenvalue weighted by Crippen LogP contribution is 2.28. The van der Waals surface area contributed by atoms with Crippen LogP contribution in [-0.4, -0.2) is 35.0 Å². The van der Waals surface area contributed by atoms with Crippen LogP contribution in [-0.2, 0) is 6.42 Å². The van der Waals surface area contributed by atoms with Crippen LogP contribution in [0.25, 0.3) is 10.9 Å². The first kappa shape index (κ1) is 13.8. The monoisotopic (exact) mass is 334 g/mol. The molecule has 3 nitrogen and oxygen atoms in total. The van der Waals surface area contributed by atoms with Crippen LogP contribution in [0.4, 0.5) is 0 Å². The van der Waals surface area contributed by atoms with Crippen molar-refractivity contribution in [1.82, 2.24) is 9.47 Å². The SMILES string of the molecule is CC(=O)n1cc(C[C@@H]2CCCN2C)c2cc(Br)ccc21. The van der Waals surface area contributed by atoms with Crippen molar-refractivity contribution >= 4 is 32.7 Å². The van der Waals surface area contributed by atoms with Gasteiger partial charge in [-0.3, -0.25) is 9.36 Å². The van der Waals surface area contributed by atoms with Crippen molar-refractivity contribution in [3.05, 3.63) is 34.4 Å². The Morgan fingerprint density at radius 1 is 1.45 bits per heavy atom. The molecule has 0 N–H and O–H groups in total. The fourth-order valence-electron chi connectivity index (χ4n) is 3.18. The lowest BCUT2D eigenvalue weighted by molar-refractivity contribution is 0.0941. The van der Waals surface area contributed by atoms with Crippen LogP contribution in [0.5, 0.6) is 0 Å². The Morgan fingerprint density at radius 2 is 2.25 bits per heavy atom. The summed E-state index contributed by atoms with van der Waals surface area (Å²) in [4.78, 5) is 14.2. The summed E-state index contributed by atoms with van der Waals surface area (Å²) in [7, 11) is 2.19. The average Bonchev–Trinajstić information content (AvgIpc) is 2.95. The van der Waals surface area contributed by atoms with Crippen LogP contribution >= 0.6 is 15.9 Å². The molecule has 4 heteroatoms. The van der Waals surface area contributed by atoms with Gasteiger partial charge in [0.2, 0.25) is 5.91 Å². The van der Waals surface area contributed by atoms with Gasteiger partial charge in [0.25, 0.3) is 0 Å². The van der Waals surface area contributed by atoms with E-state index >= 15 is 0 Å². The normalized spacial score (nSPS) is 19.9. The Hall–Kier alpha value is -1.13. The molecular weight excluding hydrogens is 316 g/mol. The van der Waals surface area contributed by atoms with Crippen LogP contribution in [0.2, 0.25) is 0 Å². The van der Waals surface area contributed by atoms with Crippen molar-refractivity contribution in [3.63, 3.8) is 0 Å². The molecule has 2 heterocycles. The molecule has 1 aromatic carbocycles. The predicted molar refractivity (Wildman–Crippen MR) is 85.3 cm³/mol. The van der Waals surface area contributed by atoms with Gasteiger partial charge in [-0.25, -0.2) is 0 Å². The molecule has 1 aromatic heterocycles. The highest BCUT2D eigenvalue weighted by Gasteiger charge is 2.23. The molecule has 106 valence electrons. The number of halogens is 1. The van der Waals surface area contributed by atoms with E-state index in [0.717, 1.165) is 16.4 Å². The molecule has 1 fully saturated rings. The summed E-state index contributed by atoms with van der Waals surface area (Å²) in [5.41, 5.74) is 2.28. The highest BCUT2D eigenvalue weighted by atomic mass is 79.9. The average molecular weight is 335 g/mol. The molecule has 0 spiro atoms. The van der Waals surface area contributed by atoms with Crippen molar-refractivity contribution in [2.45, 2.75) is 32.2 Å². The quantitative estimate of drug-likeness (QED) is 0.836. The van der Waals surface area contributed by atoms with Crippen LogP contribution in [0.15, 0.2) is 28.9 Å². The van der Waals surface area contributed by atoms with Crippen molar-refractivity contribution in [2.24, 2.45) is 0 Å². The Labute approximate surface area is 127 Å². The number of likely N-dealkylation sites (N-methyl/N-ethyl adjacent to an activating group) is 1. The minimum absolute atomic E-state index is 0.0725. The van der Waals surface area contributed by atoms with Crippen LogP contribution < -0.4 is 0 Å². The largest absolute Gasteiger partial charge is 0.303 e. The molecule has 3 rings (SSSR count). The summed E-state index contributed by atoms with van der Waals surface area (Å²) in [6, 6.07) is 6.73. The van der Waals surface area contributed by atoms with Gasteiger partial charge in [-0.15, -0.1) is 0 Å². The molecule has 0 amide bonds. The molecule has 0 unspecified atom stereocenters. The molecule has 1 aliphatic heterocycles. The second-order valence-electron chi connectivity index (χ2n) is 5.69. The molecule has 0 bridgehead atoms. The summed E-state index contributed by atoms with van der Waals surface area (Å²) in [6.45, 7) is 2.80. The minimum atomic E-state index is 0.0725. The van der Waals surface area contributed by atoms with Gasteiger partial charge in [0.05, 0.1) is 5.52 Å². The van der Waals surface area contributed by atoms with E-state index in [9.17, 15) is 4.79 Å². The van der Waals surface area contributed by atoms with E-state index in [4.69, 9.17) is 0 Å². The fraction of sp³-hybridized carbons (Fsp3) is 0.438. The molecule has 2 aromatic rings. The second kappa shape index (κ2) is 5.34. The van der Waals surface area contributed by atoms with Crippen LogP contribution in [0, 0.1) is 0 Å². The third-order valence-electron chi connectivity index (χ3n) is 4.32. The number of rotatable bonds is 2. The number of carbonyl (C=O) groups excluding carboxylic acids is 1. The molecule has 1 atom stereocenters. The topological polar surface area (TPSA) is 25.2 Å². The standard InChI is InChI=1S/C16H19BrN2O/c1-11(20)19-10-12(8-14-4-3-7-18(14)2)15-9-13(17)5-6-16(15)19/h5-6,9-10,14H,3-4,7-8H2,1-2H3/t14-/m0/s1. The summed E-state index contributed by atoms with van der Waals surface area (Å²) in [6.07, 6.45) is 5.56. The van der Waals surface area contributed by atoms with E-state index in [1.54, 1.807) is 11.5 Å². The maximum atomic E-state index is 11.8. The summed E-state index contributed by atoms with van der Waals surface area (Å²) >= 11 is 3.53. The van der Waals surface area contributed by atoms with Crippen molar-refractivity contribution in [2.75, 3.05) is 13.6 Å². The van der Waals surface area contributed by atoms with E-state index < -0.39 is 0 Å². The van der Waals surface area contributed by atoms with Gasteiger partial charge in [-0.1, -0.05) is 15.9 Å². The zero-order valence-corrected chi connectivity index (χ0v) is 13.5. The second-order valence-corrected chi connectivity index (χ2v) is 6.60. The van der Waals surface area contributed by atoms with E-state index in [0.29, 0.717) is 6.04 Å². The first-order chi connectivity index (χ1) is 9.56. The Bertz CT molecular complexity index is 662. The molecular formula is C16H19BrN2O. The zero-order chi connectivity index (χ0) is 14.3. The fourth-order valence-corrected chi connectivity index (χ4v) is 3.55. The number of fused-ring (bicyclic) bond motifs is 1.